The zero-order valence-corrected chi connectivity index (χ0v) is 12.5. The van der Waals surface area contributed by atoms with Crippen molar-refractivity contribution in [3.63, 3.8) is 0 Å². The predicted octanol–water partition coefficient (Wildman–Crippen LogP) is 2.44. The number of methoxy groups -OCH3 is 1. The number of rotatable bonds is 7. The Balaban J connectivity index is 1.97. The quantitative estimate of drug-likeness (QED) is 0.778. The molecular weight excluding hydrogens is 254 g/mol. The minimum Gasteiger partial charge on any atom is -0.493 e. The molecule has 112 valence electrons. The van der Waals surface area contributed by atoms with Crippen LogP contribution in [0.2, 0.25) is 0 Å². The molecule has 1 aliphatic heterocycles. The number of nitrogens with zero attached hydrogens (tertiary/aromatic N) is 1. The number of β-amino-alcohol motifs (C(OH)–C–C–N with tert-alkyl or cyclic N) is 1. The molecule has 0 unspecified atom stereocenters. The van der Waals surface area contributed by atoms with Gasteiger partial charge >= 0.3 is 0 Å². The number of hydrogen-bond acceptors (Lipinski definition) is 4. The van der Waals surface area contributed by atoms with Gasteiger partial charge in [0.2, 0.25) is 0 Å². The second kappa shape index (κ2) is 7.50. The monoisotopic (exact) mass is 279 g/mol. The summed E-state index contributed by atoms with van der Waals surface area (Å²) in [6, 6.07) is 6.09. The standard InChI is InChI=1S/C16H25NO3/c1-3-4-9-20-15-6-5-13(10-16(15)19-2)11-17-8-7-14(18)12-17/h5-6,10,14,18H,3-4,7-9,11-12H2,1-2H3/t14-/m0/s1. The van der Waals surface area contributed by atoms with E-state index >= 15 is 0 Å². The fraction of sp³-hybridized carbons (Fsp3) is 0.625. The van der Waals surface area contributed by atoms with Gasteiger partial charge in [0.1, 0.15) is 0 Å². The molecule has 0 radical (unpaired) electrons. The normalized spacial score (nSPS) is 19.2. The fourth-order valence-electron chi connectivity index (χ4n) is 2.47. The average Bonchev–Trinajstić information content (AvgIpc) is 2.85. The Bertz CT molecular complexity index is 422. The first-order chi connectivity index (χ1) is 9.72. The van der Waals surface area contributed by atoms with Crippen molar-refractivity contribution in [2.45, 2.75) is 38.8 Å². The largest absolute Gasteiger partial charge is 0.493 e. The van der Waals surface area contributed by atoms with E-state index in [0.717, 1.165) is 57.0 Å². The van der Waals surface area contributed by atoms with Crippen molar-refractivity contribution in [3.8, 4) is 11.5 Å². The third kappa shape index (κ3) is 4.12. The van der Waals surface area contributed by atoms with E-state index in [1.807, 2.05) is 12.1 Å². The molecule has 1 N–H and O–H groups in total. The number of unbranched alkanes of at least 4 members (excludes halogenated alkanes) is 1. The van der Waals surface area contributed by atoms with Crippen LogP contribution in [-0.4, -0.2) is 42.9 Å². The molecule has 0 spiro atoms. The lowest BCUT2D eigenvalue weighted by molar-refractivity contribution is 0.174. The number of aliphatic hydroxyl groups is 1. The van der Waals surface area contributed by atoms with E-state index in [1.54, 1.807) is 7.11 Å². The maximum absolute atomic E-state index is 9.56. The first-order valence-electron chi connectivity index (χ1n) is 7.43. The highest BCUT2D eigenvalue weighted by Gasteiger charge is 2.20. The van der Waals surface area contributed by atoms with Gasteiger partial charge in [0.25, 0.3) is 0 Å². The molecule has 1 aromatic carbocycles. The Labute approximate surface area is 121 Å². The van der Waals surface area contributed by atoms with Gasteiger partial charge in [-0.05, 0) is 30.5 Å². The number of aliphatic hydroxyl groups excluding tert-OH is 1. The summed E-state index contributed by atoms with van der Waals surface area (Å²) in [7, 11) is 1.67. The fourth-order valence-corrected chi connectivity index (χ4v) is 2.47. The molecule has 2 rings (SSSR count). The summed E-state index contributed by atoms with van der Waals surface area (Å²) >= 11 is 0. The Morgan fingerprint density at radius 1 is 1.35 bits per heavy atom. The molecule has 4 nitrogen and oxygen atoms in total. The number of benzene rings is 1. The van der Waals surface area contributed by atoms with Gasteiger partial charge in [-0.25, -0.2) is 0 Å². The summed E-state index contributed by atoms with van der Waals surface area (Å²) < 4.78 is 11.1. The van der Waals surface area contributed by atoms with Gasteiger partial charge in [0.05, 0.1) is 19.8 Å². The molecule has 1 saturated heterocycles. The lowest BCUT2D eigenvalue weighted by Gasteiger charge is -2.17. The van der Waals surface area contributed by atoms with Crippen LogP contribution in [0.4, 0.5) is 0 Å². The minimum atomic E-state index is -0.173. The Morgan fingerprint density at radius 2 is 2.20 bits per heavy atom. The smallest absolute Gasteiger partial charge is 0.161 e. The van der Waals surface area contributed by atoms with E-state index < -0.39 is 0 Å². The highest BCUT2D eigenvalue weighted by atomic mass is 16.5. The second-order valence-electron chi connectivity index (χ2n) is 5.36. The third-order valence-corrected chi connectivity index (χ3v) is 3.64. The SMILES string of the molecule is CCCCOc1ccc(CN2CC[C@H](O)C2)cc1OC. The van der Waals surface area contributed by atoms with Crippen LogP contribution in [0.15, 0.2) is 18.2 Å². The molecule has 0 amide bonds. The summed E-state index contributed by atoms with van der Waals surface area (Å²) in [5.41, 5.74) is 1.19. The Morgan fingerprint density at radius 3 is 2.85 bits per heavy atom. The molecular formula is C16H25NO3. The third-order valence-electron chi connectivity index (χ3n) is 3.64. The van der Waals surface area contributed by atoms with Gasteiger partial charge in [-0.1, -0.05) is 19.4 Å². The van der Waals surface area contributed by atoms with Gasteiger partial charge < -0.3 is 14.6 Å². The summed E-state index contributed by atoms with van der Waals surface area (Å²) in [6.45, 7) is 5.44. The maximum Gasteiger partial charge on any atom is 0.161 e. The molecule has 1 aromatic rings. The van der Waals surface area contributed by atoms with Crippen molar-refractivity contribution in [2.24, 2.45) is 0 Å². The van der Waals surface area contributed by atoms with Gasteiger partial charge in [0, 0.05) is 19.6 Å². The Hall–Kier alpha value is -1.26. The summed E-state index contributed by atoms with van der Waals surface area (Å²) in [6.07, 6.45) is 2.87. The van der Waals surface area contributed by atoms with Crippen LogP contribution in [0.1, 0.15) is 31.7 Å². The van der Waals surface area contributed by atoms with E-state index in [1.165, 1.54) is 5.56 Å². The topological polar surface area (TPSA) is 41.9 Å². The molecule has 0 aliphatic carbocycles. The van der Waals surface area contributed by atoms with Crippen LogP contribution in [-0.2, 0) is 6.54 Å². The highest BCUT2D eigenvalue weighted by Crippen LogP contribution is 2.29. The van der Waals surface area contributed by atoms with Crippen molar-refractivity contribution in [3.05, 3.63) is 23.8 Å². The molecule has 1 atom stereocenters. The van der Waals surface area contributed by atoms with Crippen molar-refractivity contribution in [2.75, 3.05) is 26.8 Å². The van der Waals surface area contributed by atoms with Crippen LogP contribution in [0.25, 0.3) is 0 Å². The molecule has 0 aromatic heterocycles. The zero-order valence-electron chi connectivity index (χ0n) is 12.5. The van der Waals surface area contributed by atoms with E-state index in [0.29, 0.717) is 0 Å². The first kappa shape index (κ1) is 15.1. The summed E-state index contributed by atoms with van der Waals surface area (Å²) in [4.78, 5) is 2.26. The molecule has 4 heteroatoms. The van der Waals surface area contributed by atoms with Gasteiger partial charge in [-0.3, -0.25) is 4.90 Å². The molecule has 1 heterocycles. The molecule has 0 bridgehead atoms. The van der Waals surface area contributed by atoms with E-state index in [-0.39, 0.29) is 6.10 Å². The number of ether oxygens (including phenoxy) is 2. The van der Waals surface area contributed by atoms with E-state index in [4.69, 9.17) is 9.47 Å². The van der Waals surface area contributed by atoms with Crippen LogP contribution in [0.3, 0.4) is 0 Å². The predicted molar refractivity (Wildman–Crippen MR) is 79.3 cm³/mol. The van der Waals surface area contributed by atoms with E-state index in [2.05, 4.69) is 17.9 Å². The maximum atomic E-state index is 9.56. The molecule has 1 aliphatic rings. The summed E-state index contributed by atoms with van der Waals surface area (Å²) in [5.74, 6) is 1.60. The summed E-state index contributed by atoms with van der Waals surface area (Å²) in [5, 5.41) is 9.56. The van der Waals surface area contributed by atoms with Crippen LogP contribution >= 0.6 is 0 Å². The lowest BCUT2D eigenvalue weighted by Crippen LogP contribution is -2.21. The second-order valence-corrected chi connectivity index (χ2v) is 5.36. The van der Waals surface area contributed by atoms with Crippen molar-refractivity contribution in [1.82, 2.24) is 4.90 Å². The number of hydrogen-bond donors (Lipinski definition) is 1. The highest BCUT2D eigenvalue weighted by molar-refractivity contribution is 5.43. The van der Waals surface area contributed by atoms with Crippen LogP contribution in [0.5, 0.6) is 11.5 Å². The van der Waals surface area contributed by atoms with E-state index in [9.17, 15) is 5.11 Å². The van der Waals surface area contributed by atoms with Gasteiger partial charge in [-0.2, -0.15) is 0 Å². The van der Waals surface area contributed by atoms with Gasteiger partial charge in [0.15, 0.2) is 11.5 Å². The van der Waals surface area contributed by atoms with Crippen molar-refractivity contribution < 1.29 is 14.6 Å². The Kier molecular flexibility index (Phi) is 5.68. The lowest BCUT2D eigenvalue weighted by atomic mass is 10.2. The van der Waals surface area contributed by atoms with Crippen LogP contribution in [0, 0.1) is 0 Å². The zero-order chi connectivity index (χ0) is 14.4. The van der Waals surface area contributed by atoms with Crippen molar-refractivity contribution in [1.29, 1.82) is 0 Å². The minimum absolute atomic E-state index is 0.173. The number of likely N-dealkylation sites (tertiary alicyclic amines) is 1. The average molecular weight is 279 g/mol. The molecule has 20 heavy (non-hydrogen) atoms. The molecule has 1 fully saturated rings. The molecule has 0 saturated carbocycles. The van der Waals surface area contributed by atoms with Crippen LogP contribution < -0.4 is 9.47 Å². The first-order valence-corrected chi connectivity index (χ1v) is 7.43. The van der Waals surface area contributed by atoms with Crippen molar-refractivity contribution >= 4 is 0 Å². The van der Waals surface area contributed by atoms with Gasteiger partial charge in [-0.15, -0.1) is 0 Å².